The Labute approximate surface area is 192 Å². The highest BCUT2D eigenvalue weighted by Gasteiger charge is 2.43. The first-order valence-electron chi connectivity index (χ1n) is 10.7. The van der Waals surface area contributed by atoms with E-state index in [0.717, 1.165) is 11.3 Å². The molecule has 0 aliphatic carbocycles. The molecule has 0 saturated carbocycles. The molecule has 3 unspecified atom stereocenters. The highest BCUT2D eigenvalue weighted by molar-refractivity contribution is 8.14. The van der Waals surface area contributed by atoms with E-state index in [4.69, 9.17) is 15.1 Å². The molecule has 0 aromatic heterocycles. The predicted molar refractivity (Wildman–Crippen MR) is 131 cm³/mol. The average molecular weight is 453 g/mol. The van der Waals surface area contributed by atoms with Gasteiger partial charge < -0.3 is 10.1 Å². The van der Waals surface area contributed by atoms with Crippen LogP contribution in [0, 0.1) is 18.3 Å². The first kappa shape index (κ1) is 22.3. The maximum atomic E-state index is 12.7. The Hall–Kier alpha value is -2.88. The molecule has 9 heteroatoms. The van der Waals surface area contributed by atoms with Gasteiger partial charge in [-0.1, -0.05) is 36.0 Å². The lowest BCUT2D eigenvalue weighted by atomic mass is 9.97. The molecule has 2 aliphatic rings. The van der Waals surface area contributed by atoms with Crippen LogP contribution >= 0.6 is 11.8 Å². The number of amides is 1. The SMILES string of the molecule is CCOc1ccccc1NC(=O)CSC1=NC2NNC(C)C2C(=N)N1c1cccc(C)c1. The minimum atomic E-state index is -0.234. The van der Waals surface area contributed by atoms with Crippen LogP contribution in [0.3, 0.4) is 0 Å². The third kappa shape index (κ3) is 4.64. The number of hydrazine groups is 1. The van der Waals surface area contributed by atoms with Gasteiger partial charge in [-0.25, -0.2) is 10.4 Å². The number of anilines is 2. The van der Waals surface area contributed by atoms with Crippen molar-refractivity contribution in [2.45, 2.75) is 33.0 Å². The second kappa shape index (κ2) is 9.72. The summed E-state index contributed by atoms with van der Waals surface area (Å²) in [5.41, 5.74) is 8.97. The number of aliphatic imine (C=N–C) groups is 1. The van der Waals surface area contributed by atoms with Crippen LogP contribution in [0.2, 0.25) is 0 Å². The van der Waals surface area contributed by atoms with Crippen molar-refractivity contribution in [3.05, 3.63) is 54.1 Å². The lowest BCUT2D eigenvalue weighted by Gasteiger charge is -2.36. The van der Waals surface area contributed by atoms with Crippen molar-refractivity contribution in [3.8, 4) is 5.75 Å². The second-order valence-electron chi connectivity index (χ2n) is 7.79. The number of hydrogen-bond acceptors (Lipinski definition) is 7. The van der Waals surface area contributed by atoms with E-state index in [2.05, 4.69) is 16.2 Å². The highest BCUT2D eigenvalue weighted by atomic mass is 32.2. The average Bonchev–Trinajstić information content (AvgIpc) is 3.14. The summed E-state index contributed by atoms with van der Waals surface area (Å²) in [7, 11) is 0. The molecule has 1 fully saturated rings. The van der Waals surface area contributed by atoms with Gasteiger partial charge in [-0.05, 0) is 50.6 Å². The van der Waals surface area contributed by atoms with Gasteiger partial charge in [0.25, 0.3) is 0 Å². The lowest BCUT2D eigenvalue weighted by molar-refractivity contribution is -0.113. The Balaban J connectivity index is 1.53. The van der Waals surface area contributed by atoms with Gasteiger partial charge in [-0.15, -0.1) is 0 Å². The zero-order valence-electron chi connectivity index (χ0n) is 18.4. The number of ether oxygens (including phenoxy) is 1. The van der Waals surface area contributed by atoms with E-state index in [9.17, 15) is 4.79 Å². The second-order valence-corrected chi connectivity index (χ2v) is 8.73. The van der Waals surface area contributed by atoms with Crippen molar-refractivity contribution >= 4 is 40.0 Å². The number of thioether (sulfide) groups is 1. The number of nitrogens with one attached hydrogen (secondary N) is 4. The Kier molecular flexibility index (Phi) is 6.78. The topological polar surface area (TPSA) is 102 Å². The summed E-state index contributed by atoms with van der Waals surface area (Å²) < 4.78 is 5.59. The van der Waals surface area contributed by atoms with Gasteiger partial charge in [0, 0.05) is 11.7 Å². The quantitative estimate of drug-likeness (QED) is 0.536. The Morgan fingerprint density at radius 2 is 2.06 bits per heavy atom. The maximum Gasteiger partial charge on any atom is 0.234 e. The van der Waals surface area contributed by atoms with Gasteiger partial charge in [0.1, 0.15) is 17.8 Å². The van der Waals surface area contributed by atoms with Crippen molar-refractivity contribution in [1.82, 2.24) is 10.9 Å². The number of para-hydroxylation sites is 2. The summed E-state index contributed by atoms with van der Waals surface area (Å²) in [5, 5.41) is 12.5. The maximum absolute atomic E-state index is 12.7. The molecule has 4 rings (SSSR count). The molecule has 32 heavy (non-hydrogen) atoms. The summed E-state index contributed by atoms with van der Waals surface area (Å²) >= 11 is 1.32. The fraction of sp³-hybridized carbons (Fsp3) is 0.348. The van der Waals surface area contributed by atoms with Crippen LogP contribution in [-0.4, -0.2) is 41.5 Å². The molecule has 0 spiro atoms. The first-order chi connectivity index (χ1) is 15.5. The summed E-state index contributed by atoms with van der Waals surface area (Å²) in [6.45, 7) is 6.49. The number of amidine groups is 2. The molecule has 168 valence electrons. The number of rotatable bonds is 6. The number of nitrogens with zero attached hydrogens (tertiary/aromatic N) is 2. The van der Waals surface area contributed by atoms with Gasteiger partial charge in [0.15, 0.2) is 5.17 Å². The molecule has 8 nitrogen and oxygen atoms in total. The Bertz CT molecular complexity index is 1040. The largest absolute Gasteiger partial charge is 0.492 e. The van der Waals surface area contributed by atoms with Gasteiger partial charge >= 0.3 is 0 Å². The van der Waals surface area contributed by atoms with Crippen LogP contribution in [0.1, 0.15) is 19.4 Å². The molecular weight excluding hydrogens is 424 g/mol. The molecule has 2 aromatic rings. The molecular formula is C23H28N6O2S. The fourth-order valence-corrected chi connectivity index (χ4v) is 4.74. The smallest absolute Gasteiger partial charge is 0.234 e. The molecule has 4 N–H and O–H groups in total. The molecule has 0 bridgehead atoms. The van der Waals surface area contributed by atoms with Gasteiger partial charge in [0.05, 0.1) is 24.0 Å². The minimum absolute atomic E-state index is 0.0773. The van der Waals surface area contributed by atoms with Crippen molar-refractivity contribution in [2.24, 2.45) is 10.9 Å². The normalized spacial score (nSPS) is 22.3. The first-order valence-corrected chi connectivity index (χ1v) is 11.6. The van der Waals surface area contributed by atoms with E-state index in [-0.39, 0.29) is 29.8 Å². The van der Waals surface area contributed by atoms with Crippen LogP contribution in [0.15, 0.2) is 53.5 Å². The molecule has 0 radical (unpaired) electrons. The van der Waals surface area contributed by atoms with Crippen molar-refractivity contribution < 1.29 is 9.53 Å². The molecule has 2 aliphatic heterocycles. The molecule has 1 amide bonds. The summed E-state index contributed by atoms with van der Waals surface area (Å²) in [5.74, 6) is 1.02. The standard InChI is InChI=1S/C23H28N6O2S/c1-4-31-18-11-6-5-10-17(18)25-19(30)13-32-23-26-22-20(15(3)27-28-22)21(24)29(23)16-9-7-8-14(2)12-16/h5-12,15,20,22,24,27-28H,4,13H2,1-3H3,(H,25,30). The van der Waals surface area contributed by atoms with Crippen LogP contribution in [-0.2, 0) is 4.79 Å². The summed E-state index contributed by atoms with van der Waals surface area (Å²) in [4.78, 5) is 19.4. The number of carbonyl (C=O) groups is 1. The van der Waals surface area contributed by atoms with E-state index < -0.39 is 0 Å². The van der Waals surface area contributed by atoms with Crippen LogP contribution in [0.4, 0.5) is 11.4 Å². The Morgan fingerprint density at radius 3 is 2.84 bits per heavy atom. The highest BCUT2D eigenvalue weighted by Crippen LogP contribution is 2.32. The van der Waals surface area contributed by atoms with E-state index in [1.807, 2.05) is 74.2 Å². The van der Waals surface area contributed by atoms with E-state index in [0.29, 0.717) is 29.0 Å². The van der Waals surface area contributed by atoms with E-state index in [1.165, 1.54) is 11.8 Å². The van der Waals surface area contributed by atoms with Crippen molar-refractivity contribution in [1.29, 1.82) is 5.41 Å². The van der Waals surface area contributed by atoms with Crippen LogP contribution in [0.25, 0.3) is 0 Å². The fourth-order valence-electron chi connectivity index (χ4n) is 3.88. The van der Waals surface area contributed by atoms with Gasteiger partial charge in [-0.2, -0.15) is 0 Å². The van der Waals surface area contributed by atoms with Crippen molar-refractivity contribution in [2.75, 3.05) is 22.6 Å². The van der Waals surface area contributed by atoms with Crippen LogP contribution in [0.5, 0.6) is 5.75 Å². The lowest BCUT2D eigenvalue weighted by Crippen LogP contribution is -2.50. The van der Waals surface area contributed by atoms with Gasteiger partial charge in [0.2, 0.25) is 5.91 Å². The van der Waals surface area contributed by atoms with Gasteiger partial charge in [-0.3, -0.25) is 20.5 Å². The zero-order valence-corrected chi connectivity index (χ0v) is 19.2. The molecule has 2 aromatic carbocycles. The number of benzene rings is 2. The Morgan fingerprint density at radius 1 is 1.25 bits per heavy atom. The minimum Gasteiger partial charge on any atom is -0.492 e. The third-order valence-corrected chi connectivity index (χ3v) is 6.34. The number of carbonyl (C=O) groups excluding carboxylic acids is 1. The van der Waals surface area contributed by atoms with E-state index in [1.54, 1.807) is 0 Å². The number of aryl methyl sites for hydroxylation is 1. The number of fused-ring (bicyclic) bond motifs is 1. The number of hydrogen-bond donors (Lipinski definition) is 4. The summed E-state index contributed by atoms with van der Waals surface area (Å²) in [6.07, 6.45) is -0.234. The predicted octanol–water partition coefficient (Wildman–Crippen LogP) is 3.36. The monoisotopic (exact) mass is 452 g/mol. The molecule has 2 heterocycles. The third-order valence-electron chi connectivity index (χ3n) is 5.39. The zero-order chi connectivity index (χ0) is 22.7. The molecule has 3 atom stereocenters. The summed E-state index contributed by atoms with van der Waals surface area (Å²) in [6, 6.07) is 15.5. The molecule has 1 saturated heterocycles. The van der Waals surface area contributed by atoms with E-state index >= 15 is 0 Å². The van der Waals surface area contributed by atoms with Crippen molar-refractivity contribution in [3.63, 3.8) is 0 Å². The van der Waals surface area contributed by atoms with Crippen LogP contribution < -0.4 is 25.8 Å².